The lowest BCUT2D eigenvalue weighted by molar-refractivity contribution is -0.384. The maximum atomic E-state index is 15.7. The van der Waals surface area contributed by atoms with E-state index >= 15 is 8.42 Å². The van der Waals surface area contributed by atoms with E-state index < -0.39 is 38.5 Å². The molecule has 66 heavy (non-hydrogen) atoms. The number of nitrogens with two attached hydrogens (primary N) is 1. The number of piperazine rings is 1. The van der Waals surface area contributed by atoms with E-state index in [2.05, 4.69) is 46.2 Å². The van der Waals surface area contributed by atoms with Gasteiger partial charge in [-0.3, -0.25) is 19.8 Å². The number of aromatic amines is 1. The van der Waals surface area contributed by atoms with Gasteiger partial charge in [-0.15, -0.1) is 0 Å². The van der Waals surface area contributed by atoms with Gasteiger partial charge in [0, 0.05) is 61.5 Å². The summed E-state index contributed by atoms with van der Waals surface area (Å²) >= 11 is 6.29. The number of anilines is 4. The number of hydrogen-bond acceptors (Lipinski definition) is 14. The van der Waals surface area contributed by atoms with Crippen molar-refractivity contribution in [2.45, 2.75) is 55.0 Å². The molecule has 5 aliphatic rings. The minimum Gasteiger partial charge on any atom is -0.489 e. The van der Waals surface area contributed by atoms with Crippen molar-refractivity contribution in [1.29, 1.82) is 0 Å². The molecule has 2 saturated heterocycles. The molecule has 17 nitrogen and oxygen atoms in total. The second-order valence-corrected chi connectivity index (χ2v) is 20.5. The zero-order valence-electron chi connectivity index (χ0n) is 36.7. The molecule has 2 fully saturated rings. The van der Waals surface area contributed by atoms with E-state index in [-0.39, 0.29) is 70.1 Å². The molecule has 0 bridgehead atoms. The van der Waals surface area contributed by atoms with Crippen LogP contribution in [0.4, 0.5) is 28.4 Å². The van der Waals surface area contributed by atoms with Crippen molar-refractivity contribution in [1.82, 2.24) is 14.9 Å². The van der Waals surface area contributed by atoms with Gasteiger partial charge < -0.3 is 44.8 Å². The summed E-state index contributed by atoms with van der Waals surface area (Å²) in [6.45, 7) is 8.85. The molecule has 346 valence electrons. The zero-order chi connectivity index (χ0) is 45.9. The number of sulfone groups is 1. The molecule has 1 amide bonds. The summed E-state index contributed by atoms with van der Waals surface area (Å²) in [4.78, 5) is 39.0. The molecule has 19 heteroatoms. The first-order valence-electron chi connectivity index (χ1n) is 22.2. The standard InChI is InChI=1S/C47H51ClN8O9S/c1-47(2)11-9-30(34(24-47)28-3-5-31(48)6-4-28)25-53-13-15-54(16-14-53)36-8-7-33(44(49)57)42(55-17-18-64-46-38(55)21-29-10-12-50-45(29)52-46)43(36)66(60,61)32-22-37(56(58)59)41-39(23-32)65-26-35(51-41)40-27-62-19-20-63-40/h3-8,10,12,21-23,35,40,51H,9,11,13-20,24-27H2,1-2H3,(H2,49,57)(H,50,52)/t35-,40-/m0/s1. The van der Waals surface area contributed by atoms with Crippen LogP contribution in [0.25, 0.3) is 16.6 Å². The third kappa shape index (κ3) is 8.29. The van der Waals surface area contributed by atoms with Crippen LogP contribution in [0.5, 0.6) is 11.6 Å². The Morgan fingerprint density at radius 2 is 1.79 bits per heavy atom. The molecule has 0 radical (unpaired) electrons. The monoisotopic (exact) mass is 938 g/mol. The van der Waals surface area contributed by atoms with Gasteiger partial charge in [0.05, 0.1) is 59.2 Å². The van der Waals surface area contributed by atoms with E-state index in [1.165, 1.54) is 22.8 Å². The van der Waals surface area contributed by atoms with E-state index in [1.54, 1.807) is 23.2 Å². The summed E-state index contributed by atoms with van der Waals surface area (Å²) in [7, 11) is -4.75. The highest BCUT2D eigenvalue weighted by Gasteiger charge is 2.40. The molecule has 1 aliphatic carbocycles. The number of primary amides is 1. The van der Waals surface area contributed by atoms with Gasteiger partial charge >= 0.3 is 0 Å². The molecular weight excluding hydrogens is 888 g/mol. The van der Waals surface area contributed by atoms with Crippen LogP contribution in [0, 0.1) is 15.5 Å². The van der Waals surface area contributed by atoms with Crippen LogP contribution in [0.15, 0.2) is 82.2 Å². The highest BCUT2D eigenvalue weighted by Crippen LogP contribution is 2.49. The third-order valence-corrected chi connectivity index (χ3v) is 15.4. The van der Waals surface area contributed by atoms with Gasteiger partial charge in [-0.05, 0) is 72.2 Å². The number of pyridine rings is 1. The summed E-state index contributed by atoms with van der Waals surface area (Å²) in [5.41, 5.74) is 11.0. The number of nitro groups is 1. The predicted octanol–water partition coefficient (Wildman–Crippen LogP) is 6.96. The van der Waals surface area contributed by atoms with Crippen molar-refractivity contribution >= 4 is 72.4 Å². The number of carbonyl (C=O) groups excluding carboxylic acids is 1. The normalized spacial score (nSPS) is 21.1. The number of hydrogen-bond donors (Lipinski definition) is 3. The predicted molar refractivity (Wildman–Crippen MR) is 250 cm³/mol. The molecule has 4 aliphatic heterocycles. The lowest BCUT2D eigenvalue weighted by Crippen LogP contribution is -2.48. The van der Waals surface area contributed by atoms with Crippen molar-refractivity contribution < 1.29 is 37.1 Å². The van der Waals surface area contributed by atoms with Crippen molar-refractivity contribution in [3.8, 4) is 11.6 Å². The van der Waals surface area contributed by atoms with Gasteiger partial charge in [0.15, 0.2) is 11.4 Å². The number of nitrogens with zero attached hydrogens (tertiary/aromatic N) is 5. The Labute approximate surface area is 386 Å². The zero-order valence-corrected chi connectivity index (χ0v) is 38.3. The molecule has 4 N–H and O–H groups in total. The average molecular weight is 939 g/mol. The molecule has 2 atom stereocenters. The Morgan fingerprint density at radius 3 is 2.53 bits per heavy atom. The van der Waals surface area contributed by atoms with E-state index in [0.29, 0.717) is 61.4 Å². The SMILES string of the molecule is CC1(C)CCC(CN2CCN(c3ccc(C(N)=O)c(N4CCOc5nc6[nH]ccc6cc54)c3S(=O)(=O)c3cc4c(c([N+](=O)[O-])c3)N[C@H]([C@@H]3COCCO3)CO4)CC2)=C(c2ccc(Cl)cc2)C1. The fourth-order valence-electron chi connectivity index (χ4n) is 9.86. The molecule has 5 aromatic rings. The minimum atomic E-state index is -4.75. The smallest absolute Gasteiger partial charge is 0.297 e. The van der Waals surface area contributed by atoms with Crippen LogP contribution < -0.4 is 30.3 Å². The summed E-state index contributed by atoms with van der Waals surface area (Å²) in [6, 6.07) is 16.7. The first-order valence-corrected chi connectivity index (χ1v) is 24.1. The number of nitrogens with one attached hydrogen (secondary N) is 2. The summed E-state index contributed by atoms with van der Waals surface area (Å²) in [5.74, 6) is -0.628. The number of allylic oxidation sites excluding steroid dienone is 1. The Bertz CT molecular complexity index is 2870. The van der Waals surface area contributed by atoms with E-state index in [9.17, 15) is 14.9 Å². The van der Waals surface area contributed by atoms with Crippen LogP contribution in [0.2, 0.25) is 5.02 Å². The fraction of sp³-hybridized carbons (Fsp3) is 0.404. The van der Waals surface area contributed by atoms with Crippen LogP contribution in [-0.4, -0.2) is 119 Å². The number of halogens is 1. The van der Waals surface area contributed by atoms with Gasteiger partial charge in [0.1, 0.15) is 35.5 Å². The summed E-state index contributed by atoms with van der Waals surface area (Å²) in [6.07, 6.45) is 4.28. The van der Waals surface area contributed by atoms with Gasteiger partial charge in [-0.2, -0.15) is 4.98 Å². The van der Waals surface area contributed by atoms with Gasteiger partial charge in [0.2, 0.25) is 15.7 Å². The van der Waals surface area contributed by atoms with Gasteiger partial charge in [0.25, 0.3) is 11.6 Å². The highest BCUT2D eigenvalue weighted by molar-refractivity contribution is 7.91. The first-order chi connectivity index (χ1) is 31.7. The molecule has 0 saturated carbocycles. The number of nitro benzene ring substituents is 1. The van der Waals surface area contributed by atoms with Crippen LogP contribution in [0.3, 0.4) is 0 Å². The van der Waals surface area contributed by atoms with Gasteiger partial charge in [-0.25, -0.2) is 8.42 Å². The largest absolute Gasteiger partial charge is 0.489 e. The Kier molecular flexibility index (Phi) is 11.6. The van der Waals surface area contributed by atoms with Crippen molar-refractivity contribution in [2.24, 2.45) is 11.1 Å². The molecule has 3 aromatic carbocycles. The Balaban J connectivity index is 1.06. The number of fused-ring (bicyclic) bond motifs is 3. The second-order valence-electron chi connectivity index (χ2n) is 18.2. The lowest BCUT2D eigenvalue weighted by Gasteiger charge is -2.40. The lowest BCUT2D eigenvalue weighted by atomic mass is 9.72. The van der Waals surface area contributed by atoms with Crippen LogP contribution >= 0.6 is 11.6 Å². The summed E-state index contributed by atoms with van der Waals surface area (Å²) < 4.78 is 55.0. The molecule has 2 aromatic heterocycles. The molecule has 6 heterocycles. The average Bonchev–Trinajstić information content (AvgIpc) is 3.78. The third-order valence-electron chi connectivity index (χ3n) is 13.3. The molecular formula is C47H51ClN8O9S. The number of ether oxygens (including phenoxy) is 4. The maximum Gasteiger partial charge on any atom is 0.297 e. The highest BCUT2D eigenvalue weighted by atomic mass is 35.5. The van der Waals surface area contributed by atoms with E-state index in [1.807, 2.05) is 29.2 Å². The number of rotatable bonds is 10. The number of aromatic nitrogens is 2. The first kappa shape index (κ1) is 43.9. The fourth-order valence-corrected chi connectivity index (χ4v) is 11.7. The van der Waals surface area contributed by atoms with Crippen molar-refractivity contribution in [3.63, 3.8) is 0 Å². The Hall–Kier alpha value is -5.92. The number of benzene rings is 3. The number of amides is 1. The molecule has 10 rings (SSSR count). The molecule has 0 unspecified atom stereocenters. The van der Waals surface area contributed by atoms with Crippen LogP contribution in [-0.2, 0) is 19.3 Å². The van der Waals surface area contributed by atoms with Gasteiger partial charge in [-0.1, -0.05) is 43.2 Å². The second kappa shape index (κ2) is 17.4. The van der Waals surface area contributed by atoms with E-state index in [0.717, 1.165) is 37.3 Å². The van der Waals surface area contributed by atoms with Crippen molar-refractivity contribution in [3.05, 3.63) is 98.7 Å². The Morgan fingerprint density at radius 1 is 0.985 bits per heavy atom. The number of carbonyl (C=O) groups is 1. The quantitative estimate of drug-likeness (QED) is 0.0956. The maximum absolute atomic E-state index is 15.7. The number of H-pyrrole nitrogens is 1. The van der Waals surface area contributed by atoms with Crippen molar-refractivity contribution in [2.75, 3.05) is 87.4 Å². The summed E-state index contributed by atoms with van der Waals surface area (Å²) in [5, 5.41) is 17.4. The van der Waals surface area contributed by atoms with E-state index in [4.69, 9.17) is 36.3 Å². The molecule has 0 spiro atoms. The topological polar surface area (TPSA) is 208 Å². The minimum absolute atomic E-state index is 0.00679. The van der Waals surface area contributed by atoms with Crippen LogP contribution in [0.1, 0.15) is 49.0 Å².